The minimum atomic E-state index is -5.03. The molecule has 1 aliphatic carbocycles. The predicted molar refractivity (Wildman–Crippen MR) is 195 cm³/mol. The van der Waals surface area contributed by atoms with E-state index >= 15 is 0 Å². The fourth-order valence-corrected chi connectivity index (χ4v) is 7.53. The van der Waals surface area contributed by atoms with Crippen LogP contribution in [0.3, 0.4) is 0 Å². The zero-order valence-electron chi connectivity index (χ0n) is 29.9. The SMILES string of the molecule is CC1(C)[C@H](NC(=O)/C(=N\O[C@](C)(C(=O)O)[C@H]2CCc3cc(-c4ccc(NCCN)[n+](CC5CCC5)c4)ccc3O2)c2csc(N)n2)C(=O)N1OS(=O)(=O)O. The number of benzene rings is 1. The molecular formula is C34H43N8O10S2+. The topological polar surface area (TPSA) is 262 Å². The molecule has 0 unspecified atom stereocenters. The van der Waals surface area contributed by atoms with Crippen molar-refractivity contribution in [3.63, 3.8) is 0 Å². The normalized spacial score (nSPS) is 20.8. The van der Waals surface area contributed by atoms with Crippen molar-refractivity contribution in [2.45, 2.75) is 82.7 Å². The number of fused-ring (bicyclic) bond motifs is 1. The molecule has 6 rings (SSSR count). The summed E-state index contributed by atoms with van der Waals surface area (Å²) in [4.78, 5) is 48.7. The number of rotatable bonds is 15. The monoisotopic (exact) mass is 787 g/mol. The fourth-order valence-electron chi connectivity index (χ4n) is 6.53. The number of ether oxygens (including phenoxy) is 1. The highest BCUT2D eigenvalue weighted by Crippen LogP contribution is 2.37. The van der Waals surface area contributed by atoms with E-state index in [2.05, 4.69) is 41.9 Å². The number of hydrogen-bond donors (Lipinski definition) is 6. The van der Waals surface area contributed by atoms with Gasteiger partial charge in [0.1, 0.15) is 17.5 Å². The second-order valence-electron chi connectivity index (χ2n) is 14.1. The summed E-state index contributed by atoms with van der Waals surface area (Å²) >= 11 is 0.976. The number of pyridine rings is 1. The highest BCUT2D eigenvalue weighted by Gasteiger charge is 2.58. The average molecular weight is 788 g/mol. The summed E-state index contributed by atoms with van der Waals surface area (Å²) in [7, 11) is -5.03. The smallest absolute Gasteiger partial charge is 0.418 e. The van der Waals surface area contributed by atoms with Crippen molar-refractivity contribution < 1.29 is 50.9 Å². The number of thiazole rings is 1. The van der Waals surface area contributed by atoms with Crippen LogP contribution in [0.5, 0.6) is 5.75 Å². The third kappa shape index (κ3) is 7.97. The van der Waals surface area contributed by atoms with Crippen molar-refractivity contribution in [3.8, 4) is 16.9 Å². The summed E-state index contributed by atoms with van der Waals surface area (Å²) in [6, 6.07) is 8.50. The van der Waals surface area contributed by atoms with E-state index in [1.807, 2.05) is 18.2 Å². The number of aromatic nitrogens is 2. The molecule has 3 aliphatic rings. The van der Waals surface area contributed by atoms with E-state index in [9.17, 15) is 27.9 Å². The van der Waals surface area contributed by atoms with Crippen LogP contribution in [0.1, 0.15) is 57.7 Å². The van der Waals surface area contributed by atoms with Gasteiger partial charge in [-0.15, -0.1) is 15.6 Å². The Morgan fingerprint density at radius 3 is 2.57 bits per heavy atom. The van der Waals surface area contributed by atoms with Gasteiger partial charge >= 0.3 is 16.4 Å². The van der Waals surface area contributed by atoms with Gasteiger partial charge in [-0.2, -0.15) is 13.5 Å². The van der Waals surface area contributed by atoms with Crippen molar-refractivity contribution >= 4 is 56.2 Å². The molecule has 2 aliphatic heterocycles. The Labute approximate surface area is 315 Å². The third-order valence-electron chi connectivity index (χ3n) is 9.96. The van der Waals surface area contributed by atoms with Gasteiger partial charge in [-0.25, -0.2) is 14.3 Å². The first-order valence-corrected chi connectivity index (χ1v) is 19.5. The molecule has 1 saturated carbocycles. The summed E-state index contributed by atoms with van der Waals surface area (Å²) < 4.78 is 44.3. The number of carbonyl (C=O) groups excluding carboxylic acids is 2. The van der Waals surface area contributed by atoms with Gasteiger partial charge in [0.05, 0.1) is 24.8 Å². The summed E-state index contributed by atoms with van der Waals surface area (Å²) in [5, 5.41) is 22.0. The number of carboxylic acid groups (broad SMARTS) is 1. The summed E-state index contributed by atoms with van der Waals surface area (Å²) in [5.41, 5.74) is 10.3. The van der Waals surface area contributed by atoms with Crippen LogP contribution in [-0.2, 0) is 46.9 Å². The number of hydrogen-bond acceptors (Lipinski definition) is 14. The Morgan fingerprint density at radius 2 is 1.96 bits per heavy atom. The van der Waals surface area contributed by atoms with Gasteiger partial charge < -0.3 is 31.5 Å². The highest BCUT2D eigenvalue weighted by molar-refractivity contribution is 7.80. The first kappa shape index (κ1) is 38.8. The number of β-lactam (4-membered cyclic amide) rings is 1. The number of aryl methyl sites for hydroxylation is 1. The number of nitrogens with one attached hydrogen (secondary N) is 2. The van der Waals surface area contributed by atoms with E-state index in [-0.39, 0.29) is 17.2 Å². The summed E-state index contributed by atoms with van der Waals surface area (Å²) in [6.45, 7) is 6.13. The molecule has 2 fully saturated rings. The van der Waals surface area contributed by atoms with Crippen LogP contribution in [0, 0.1) is 5.92 Å². The van der Waals surface area contributed by atoms with Crippen LogP contribution >= 0.6 is 11.3 Å². The number of nitrogens with zero attached hydrogens (tertiary/aromatic N) is 4. The van der Waals surface area contributed by atoms with Crippen LogP contribution in [0.4, 0.5) is 10.9 Å². The number of nitrogens with two attached hydrogens (primary N) is 2. The molecule has 3 aromatic rings. The van der Waals surface area contributed by atoms with E-state index < -0.39 is 57.2 Å². The number of carbonyl (C=O) groups is 3. The lowest BCUT2D eigenvalue weighted by Gasteiger charge is -2.50. The largest absolute Gasteiger partial charge is 0.485 e. The highest BCUT2D eigenvalue weighted by atomic mass is 32.3. The van der Waals surface area contributed by atoms with Crippen LogP contribution in [0.25, 0.3) is 11.1 Å². The van der Waals surface area contributed by atoms with Crippen molar-refractivity contribution in [1.29, 1.82) is 0 Å². The van der Waals surface area contributed by atoms with Crippen LogP contribution in [-0.4, -0.2) is 88.0 Å². The van der Waals surface area contributed by atoms with E-state index in [1.165, 1.54) is 45.4 Å². The average Bonchev–Trinajstić information content (AvgIpc) is 3.54. The number of anilines is 2. The van der Waals surface area contributed by atoms with E-state index in [0.717, 1.165) is 40.4 Å². The minimum Gasteiger partial charge on any atom is -0.485 e. The Hall–Kier alpha value is -4.89. The van der Waals surface area contributed by atoms with E-state index in [4.69, 9.17) is 25.6 Å². The molecule has 3 atom stereocenters. The maximum Gasteiger partial charge on any atom is 0.418 e. The molecule has 4 heterocycles. The van der Waals surface area contributed by atoms with Gasteiger partial charge in [-0.05, 0) is 81.7 Å². The minimum absolute atomic E-state index is 0.0678. The number of oxime groups is 1. The molecule has 1 aromatic carbocycles. The maximum atomic E-state index is 13.5. The van der Waals surface area contributed by atoms with Gasteiger partial charge in [-0.3, -0.25) is 19.5 Å². The Morgan fingerprint density at radius 1 is 1.22 bits per heavy atom. The van der Waals surface area contributed by atoms with Gasteiger partial charge in [0.15, 0.2) is 16.9 Å². The molecule has 0 bridgehead atoms. The first-order chi connectivity index (χ1) is 25.5. The van der Waals surface area contributed by atoms with E-state index in [1.54, 1.807) is 6.07 Å². The molecular weight excluding hydrogens is 745 g/mol. The van der Waals surface area contributed by atoms with Gasteiger partial charge in [0.2, 0.25) is 0 Å². The molecule has 2 amide bonds. The molecule has 2 aromatic heterocycles. The lowest BCUT2D eigenvalue weighted by molar-refractivity contribution is -0.690. The van der Waals surface area contributed by atoms with Crippen molar-refractivity contribution in [2.75, 3.05) is 24.1 Å². The van der Waals surface area contributed by atoms with Crippen molar-refractivity contribution in [3.05, 3.63) is 53.2 Å². The van der Waals surface area contributed by atoms with Crippen LogP contribution in [0.2, 0.25) is 0 Å². The maximum absolute atomic E-state index is 13.5. The van der Waals surface area contributed by atoms with Crippen molar-refractivity contribution in [1.82, 2.24) is 15.4 Å². The van der Waals surface area contributed by atoms with Crippen molar-refractivity contribution in [2.24, 2.45) is 16.8 Å². The number of nitrogen functional groups attached to an aromatic ring is 1. The van der Waals surface area contributed by atoms with Gasteiger partial charge in [0, 0.05) is 23.6 Å². The third-order valence-corrected chi connectivity index (χ3v) is 11.0. The van der Waals surface area contributed by atoms with Crippen LogP contribution < -0.4 is 31.4 Å². The number of hydroxylamine groups is 2. The lowest BCUT2D eigenvalue weighted by atomic mass is 9.84. The second-order valence-corrected chi connectivity index (χ2v) is 16.0. The fraction of sp³-hybridized carbons (Fsp3) is 0.471. The molecule has 0 spiro atoms. The summed E-state index contributed by atoms with van der Waals surface area (Å²) in [5.74, 6) is -1.29. The predicted octanol–water partition coefficient (Wildman–Crippen LogP) is 1.65. The standard InChI is InChI=1S/C34H42N8O10S2/c1-33(2)28(30(44)42(33)52-54(47,48)49)39-29(43)27(23-18-53-32(36)38-23)40-51-34(3,31(45)46)25-11-8-21-15-20(7-10-24(21)50-25)22-9-12-26(37-14-13-35)41(17-22)16-19-5-4-6-19/h7,9-10,12,15,17-19,25,28H,4-6,8,11,13-14,16,35H2,1-3H3,(H5,36,38,39,43,45,46,47,48,49)/p+1/b40-27-/t25-,28-,34+/m1/s1. The first-order valence-electron chi connectivity index (χ1n) is 17.3. The molecule has 290 valence electrons. The molecule has 1 saturated heterocycles. The molecule has 0 radical (unpaired) electrons. The quantitative estimate of drug-likeness (QED) is 0.0421. The Balaban J connectivity index is 1.21. The Kier molecular flexibility index (Phi) is 10.9. The number of amides is 2. The number of carboxylic acids is 1. The zero-order chi connectivity index (χ0) is 39.0. The molecule has 8 N–H and O–H groups in total. The lowest BCUT2D eigenvalue weighted by Crippen LogP contribution is -2.76. The molecule has 18 nitrogen and oxygen atoms in total. The number of aliphatic carboxylic acids is 1. The van der Waals surface area contributed by atoms with E-state index in [0.29, 0.717) is 36.2 Å². The van der Waals surface area contributed by atoms with Crippen LogP contribution in [0.15, 0.2) is 47.1 Å². The second kappa shape index (κ2) is 15.1. The summed E-state index contributed by atoms with van der Waals surface area (Å²) in [6.07, 6.45) is 5.44. The van der Waals surface area contributed by atoms with Gasteiger partial charge in [0.25, 0.3) is 23.2 Å². The Bertz CT molecular complexity index is 2090. The molecule has 20 heteroatoms. The van der Waals surface area contributed by atoms with Gasteiger partial charge in [-0.1, -0.05) is 17.6 Å². The molecule has 54 heavy (non-hydrogen) atoms. The zero-order valence-corrected chi connectivity index (χ0v) is 31.5.